The molecule has 9 nitrogen and oxygen atoms in total. The Hall–Kier alpha value is -5.13. The monoisotopic (exact) mass is 843 g/mol. The van der Waals surface area contributed by atoms with Crippen molar-refractivity contribution in [3.8, 4) is 5.75 Å². The van der Waals surface area contributed by atoms with Crippen LogP contribution >= 0.6 is 0 Å². The van der Waals surface area contributed by atoms with Crippen LogP contribution in [0.25, 0.3) is 11.6 Å². The fourth-order valence-electron chi connectivity index (χ4n) is 9.73. The number of aryl methyl sites for hydroxylation is 2. The van der Waals surface area contributed by atoms with Crippen molar-refractivity contribution in [1.29, 1.82) is 0 Å². The summed E-state index contributed by atoms with van der Waals surface area (Å²) in [6.07, 6.45) is 3.46. The van der Waals surface area contributed by atoms with Gasteiger partial charge in [-0.1, -0.05) is 124 Å². The number of phenols is 1. The number of phenolic OH excluding ortho intramolecular Hbond substituents is 1. The van der Waals surface area contributed by atoms with E-state index in [2.05, 4.69) is 51.1 Å². The van der Waals surface area contributed by atoms with Gasteiger partial charge in [-0.05, 0) is 112 Å². The molecule has 4 atom stereocenters. The largest absolute Gasteiger partial charge is 0.507 e. The van der Waals surface area contributed by atoms with E-state index in [0.29, 0.717) is 31.3 Å². The molecule has 0 radical (unpaired) electrons. The SMILES string of the molecule is Cc1cc(/C=C(/CC[C@@H](O)C2=C(CO[Si](c3ccccc3)(c3ccccc3)C(C)(C)C)C[C@H]3C(=O)N(CCCCCC(=O)O)C(=O)[C@H]3[C@H]2CO)c2ccccc2)cc(C)c1O. The third kappa shape index (κ3) is 9.84. The van der Waals surface area contributed by atoms with E-state index in [9.17, 15) is 29.7 Å². The first-order valence-electron chi connectivity index (χ1n) is 21.6. The summed E-state index contributed by atoms with van der Waals surface area (Å²) in [5.41, 5.74) is 5.72. The zero-order chi connectivity index (χ0) is 43.9. The molecule has 0 saturated carbocycles. The van der Waals surface area contributed by atoms with Crippen LogP contribution < -0.4 is 10.4 Å². The Morgan fingerprint density at radius 3 is 1.97 bits per heavy atom. The zero-order valence-corrected chi connectivity index (χ0v) is 37.1. The van der Waals surface area contributed by atoms with Crippen LogP contribution in [-0.4, -0.2) is 77.3 Å². The lowest BCUT2D eigenvalue weighted by Crippen LogP contribution is -2.66. The number of likely N-dealkylation sites (tertiary alicyclic amines) is 1. The van der Waals surface area contributed by atoms with Crippen molar-refractivity contribution in [1.82, 2.24) is 4.90 Å². The molecule has 2 aliphatic rings. The van der Waals surface area contributed by atoms with Crippen molar-refractivity contribution in [3.05, 3.63) is 137 Å². The maximum atomic E-state index is 14.3. The number of aliphatic carboxylic acids is 1. The quantitative estimate of drug-likeness (QED) is 0.0261. The second-order valence-electron chi connectivity index (χ2n) is 17.8. The summed E-state index contributed by atoms with van der Waals surface area (Å²) in [4.78, 5) is 40.9. The molecule has 1 heterocycles. The minimum Gasteiger partial charge on any atom is -0.507 e. The molecular weight excluding hydrogens is 783 g/mol. The number of carboxylic acids is 1. The highest BCUT2D eigenvalue weighted by Gasteiger charge is 2.56. The van der Waals surface area contributed by atoms with E-state index in [4.69, 9.17) is 9.53 Å². The summed E-state index contributed by atoms with van der Waals surface area (Å²) in [6, 6.07) is 34.4. The number of hydrogen-bond acceptors (Lipinski definition) is 7. The minimum absolute atomic E-state index is 0.0228. The number of unbranched alkanes of at least 4 members (excludes halogenated alkanes) is 2. The standard InChI is InChI=1S/C51H61NO8Si/c1-34-28-36(29-35(2)48(34)57)30-38(37-18-10-6-11-19-37)25-26-44(54)46-39(31-42-47(43(46)32-53)50(59)52(49(42)58)27-17-9-16-24-45(55)56)33-60-61(51(3,4)5,40-20-12-7-13-21-40)41-22-14-8-15-23-41/h6-8,10-15,18-23,28-30,42-44,47,53-54,57H,9,16-17,24-27,31-33H2,1-5H3,(H,55,56)/b38-30-/t42-,43+,44-,47-/m1/s1. The number of carbonyl (C=O) groups excluding carboxylic acids is 2. The van der Waals surface area contributed by atoms with E-state index in [1.165, 1.54) is 4.90 Å². The number of fused-ring (bicyclic) bond motifs is 1. The van der Waals surface area contributed by atoms with E-state index in [0.717, 1.165) is 43.8 Å². The van der Waals surface area contributed by atoms with Crippen LogP contribution in [0, 0.1) is 31.6 Å². The second kappa shape index (κ2) is 19.7. The van der Waals surface area contributed by atoms with Gasteiger partial charge in [-0.15, -0.1) is 0 Å². The third-order valence-electron chi connectivity index (χ3n) is 12.7. The summed E-state index contributed by atoms with van der Waals surface area (Å²) in [7, 11) is -3.09. The molecule has 4 aromatic carbocycles. The van der Waals surface area contributed by atoms with Gasteiger partial charge in [0.1, 0.15) is 5.75 Å². The highest BCUT2D eigenvalue weighted by molar-refractivity contribution is 6.99. The summed E-state index contributed by atoms with van der Waals surface area (Å²) >= 11 is 0. The third-order valence-corrected chi connectivity index (χ3v) is 17.7. The van der Waals surface area contributed by atoms with Crippen molar-refractivity contribution in [2.75, 3.05) is 19.8 Å². The normalized spacial score (nSPS) is 19.0. The van der Waals surface area contributed by atoms with Gasteiger partial charge in [-0.25, -0.2) is 0 Å². The van der Waals surface area contributed by atoms with E-state index in [-0.39, 0.29) is 55.0 Å². The highest BCUT2D eigenvalue weighted by atomic mass is 28.4. The summed E-state index contributed by atoms with van der Waals surface area (Å²) in [5.74, 6) is -3.65. The highest BCUT2D eigenvalue weighted by Crippen LogP contribution is 2.47. The lowest BCUT2D eigenvalue weighted by Gasteiger charge is -2.44. The molecule has 0 unspecified atom stereocenters. The number of nitrogens with zero attached hydrogens (tertiary/aromatic N) is 1. The molecule has 1 fully saturated rings. The van der Waals surface area contributed by atoms with Crippen LogP contribution in [0.15, 0.2) is 114 Å². The van der Waals surface area contributed by atoms with Crippen molar-refractivity contribution in [2.45, 2.75) is 90.7 Å². The number of benzene rings is 4. The van der Waals surface area contributed by atoms with Crippen LogP contribution in [0.4, 0.5) is 0 Å². The maximum absolute atomic E-state index is 14.3. The van der Waals surface area contributed by atoms with Gasteiger partial charge in [0.25, 0.3) is 8.32 Å². The second-order valence-corrected chi connectivity index (χ2v) is 22.1. The Bertz CT molecular complexity index is 2170. The average Bonchev–Trinajstić information content (AvgIpc) is 3.48. The number of carbonyl (C=O) groups is 3. The van der Waals surface area contributed by atoms with Crippen molar-refractivity contribution < 1.29 is 39.2 Å². The van der Waals surface area contributed by atoms with Crippen LogP contribution in [0.5, 0.6) is 5.75 Å². The first kappa shape index (κ1) is 45.4. The fourth-order valence-corrected chi connectivity index (χ4v) is 14.3. The molecule has 0 aromatic heterocycles. The number of hydrogen-bond donors (Lipinski definition) is 4. The summed E-state index contributed by atoms with van der Waals surface area (Å²) in [5, 5.41) is 45.2. The number of imide groups is 1. The number of aromatic hydroxyl groups is 1. The molecule has 10 heteroatoms. The van der Waals surface area contributed by atoms with Gasteiger partial charge in [0.05, 0.1) is 31.2 Å². The molecule has 322 valence electrons. The molecule has 4 N–H and O–H groups in total. The van der Waals surface area contributed by atoms with Gasteiger partial charge in [0.15, 0.2) is 0 Å². The van der Waals surface area contributed by atoms with Gasteiger partial charge in [0.2, 0.25) is 11.8 Å². The molecule has 1 aliphatic carbocycles. The molecule has 6 rings (SSSR count). The smallest absolute Gasteiger partial charge is 0.303 e. The number of allylic oxidation sites excluding steroid dienone is 1. The van der Waals surface area contributed by atoms with Gasteiger partial charge >= 0.3 is 5.97 Å². The van der Waals surface area contributed by atoms with Crippen LogP contribution in [0.3, 0.4) is 0 Å². The molecule has 4 aromatic rings. The molecule has 2 amide bonds. The van der Waals surface area contributed by atoms with E-state index in [1.807, 2.05) is 92.7 Å². The number of aliphatic hydroxyl groups is 2. The number of aliphatic hydroxyl groups excluding tert-OH is 2. The molecule has 1 saturated heterocycles. The van der Waals surface area contributed by atoms with Crippen LogP contribution in [0.2, 0.25) is 5.04 Å². The summed E-state index contributed by atoms with van der Waals surface area (Å²) < 4.78 is 7.43. The Balaban J connectivity index is 1.40. The molecule has 0 spiro atoms. The zero-order valence-electron chi connectivity index (χ0n) is 36.1. The number of amides is 2. The van der Waals surface area contributed by atoms with E-state index >= 15 is 0 Å². The van der Waals surface area contributed by atoms with Crippen molar-refractivity contribution >= 4 is 48.1 Å². The van der Waals surface area contributed by atoms with Crippen molar-refractivity contribution in [3.63, 3.8) is 0 Å². The van der Waals surface area contributed by atoms with Gasteiger partial charge in [-0.2, -0.15) is 0 Å². The van der Waals surface area contributed by atoms with Crippen molar-refractivity contribution in [2.24, 2.45) is 17.8 Å². The van der Waals surface area contributed by atoms with E-state index < -0.39 is 44.8 Å². The fraction of sp³-hybridized carbons (Fsp3) is 0.392. The van der Waals surface area contributed by atoms with Gasteiger partial charge in [-0.3, -0.25) is 19.3 Å². The number of carboxylic acid groups (broad SMARTS) is 1. The van der Waals surface area contributed by atoms with Gasteiger partial charge in [0, 0.05) is 18.9 Å². The first-order chi connectivity index (χ1) is 29.2. The Morgan fingerprint density at radius 2 is 1.43 bits per heavy atom. The molecule has 61 heavy (non-hydrogen) atoms. The summed E-state index contributed by atoms with van der Waals surface area (Å²) in [6.45, 7) is 10.2. The lowest BCUT2D eigenvalue weighted by atomic mass is 9.68. The molecular formula is C51H61NO8Si. The molecule has 1 aliphatic heterocycles. The topological polar surface area (TPSA) is 145 Å². The first-order valence-corrected chi connectivity index (χ1v) is 23.5. The van der Waals surface area contributed by atoms with Gasteiger partial charge < -0.3 is 24.9 Å². The Kier molecular flexibility index (Phi) is 14.7. The predicted octanol–water partition coefficient (Wildman–Crippen LogP) is 7.82. The average molecular weight is 844 g/mol. The van der Waals surface area contributed by atoms with Crippen LogP contribution in [-0.2, 0) is 18.8 Å². The predicted molar refractivity (Wildman–Crippen MR) is 243 cm³/mol. The number of rotatable bonds is 18. The maximum Gasteiger partial charge on any atom is 0.303 e. The van der Waals surface area contributed by atoms with Crippen LogP contribution in [0.1, 0.15) is 88.0 Å². The van der Waals surface area contributed by atoms with E-state index in [1.54, 1.807) is 0 Å². The Morgan fingerprint density at radius 1 is 0.852 bits per heavy atom. The molecule has 0 bridgehead atoms. The lowest BCUT2D eigenvalue weighted by molar-refractivity contribution is -0.141. The Labute approximate surface area is 361 Å². The minimum atomic E-state index is -3.09.